The van der Waals surface area contributed by atoms with Crippen LogP contribution in [0.2, 0.25) is 0 Å². The molecule has 1 amide bonds. The van der Waals surface area contributed by atoms with E-state index in [0.29, 0.717) is 24.2 Å². The van der Waals surface area contributed by atoms with E-state index in [4.69, 9.17) is 5.73 Å². The van der Waals surface area contributed by atoms with Crippen molar-refractivity contribution in [1.29, 1.82) is 0 Å². The predicted molar refractivity (Wildman–Crippen MR) is 60.1 cm³/mol. The summed E-state index contributed by atoms with van der Waals surface area (Å²) in [6.07, 6.45) is 0.919. The molecule has 1 aromatic carbocycles. The molecule has 1 saturated heterocycles. The Balaban J connectivity index is 2.11. The van der Waals surface area contributed by atoms with Crippen LogP contribution in [0.1, 0.15) is 23.6 Å². The van der Waals surface area contributed by atoms with E-state index in [2.05, 4.69) is 0 Å². The largest absolute Gasteiger partial charge is 0.316 e. The molecule has 3 rings (SSSR count). The second-order valence-corrected chi connectivity index (χ2v) is 4.49. The smallest absolute Gasteiger partial charge is 0.258 e. The van der Waals surface area contributed by atoms with Gasteiger partial charge in [0.2, 0.25) is 0 Å². The van der Waals surface area contributed by atoms with Crippen molar-refractivity contribution < 1.29 is 9.18 Å². The maximum absolute atomic E-state index is 13.8. The van der Waals surface area contributed by atoms with Crippen LogP contribution in [0.4, 0.5) is 4.39 Å². The van der Waals surface area contributed by atoms with Gasteiger partial charge in [-0.3, -0.25) is 9.80 Å². The van der Waals surface area contributed by atoms with Crippen LogP contribution in [0.3, 0.4) is 0 Å². The average molecular weight is 235 g/mol. The molecule has 90 valence electrons. The van der Waals surface area contributed by atoms with Gasteiger partial charge in [0.05, 0.1) is 0 Å². The van der Waals surface area contributed by atoms with E-state index >= 15 is 0 Å². The van der Waals surface area contributed by atoms with E-state index in [1.54, 1.807) is 17.1 Å². The summed E-state index contributed by atoms with van der Waals surface area (Å²) in [5, 5.41) is 3.54. The summed E-state index contributed by atoms with van der Waals surface area (Å²) in [7, 11) is 0. The molecule has 5 heteroatoms. The molecule has 1 fully saturated rings. The van der Waals surface area contributed by atoms with Crippen molar-refractivity contribution in [2.75, 3.05) is 13.1 Å². The molecule has 0 bridgehead atoms. The molecule has 0 aliphatic carbocycles. The average Bonchev–Trinajstić information content (AvgIpc) is 2.74. The first-order chi connectivity index (χ1) is 8.18. The van der Waals surface area contributed by atoms with Crippen LogP contribution in [0.25, 0.3) is 0 Å². The molecule has 0 spiro atoms. The van der Waals surface area contributed by atoms with E-state index in [0.717, 1.165) is 13.0 Å². The van der Waals surface area contributed by atoms with E-state index in [-0.39, 0.29) is 11.7 Å². The Kier molecular flexibility index (Phi) is 2.38. The zero-order valence-corrected chi connectivity index (χ0v) is 9.40. The number of nitrogens with zero attached hydrogens (tertiary/aromatic N) is 2. The van der Waals surface area contributed by atoms with Gasteiger partial charge in [0.15, 0.2) is 0 Å². The van der Waals surface area contributed by atoms with Crippen molar-refractivity contribution in [2.24, 2.45) is 5.73 Å². The van der Waals surface area contributed by atoms with Crippen LogP contribution in [0.15, 0.2) is 18.2 Å². The minimum Gasteiger partial charge on any atom is -0.316 e. The Bertz CT molecular complexity index is 477. The first-order valence-corrected chi connectivity index (χ1v) is 5.77. The number of hydrogen-bond donors (Lipinski definition) is 1. The lowest BCUT2D eigenvalue weighted by Crippen LogP contribution is -2.42. The van der Waals surface area contributed by atoms with Gasteiger partial charge in [-0.05, 0) is 18.1 Å². The van der Waals surface area contributed by atoms with Gasteiger partial charge in [-0.15, -0.1) is 0 Å². The van der Waals surface area contributed by atoms with Crippen molar-refractivity contribution >= 4 is 5.91 Å². The third-order valence-corrected chi connectivity index (χ3v) is 3.48. The van der Waals surface area contributed by atoms with Gasteiger partial charge in [0, 0.05) is 25.2 Å². The molecular weight excluding hydrogens is 221 g/mol. The van der Waals surface area contributed by atoms with Crippen LogP contribution in [0.5, 0.6) is 0 Å². The summed E-state index contributed by atoms with van der Waals surface area (Å²) in [4.78, 5) is 12.1. The summed E-state index contributed by atoms with van der Waals surface area (Å²) < 4.78 is 13.8. The maximum atomic E-state index is 13.8. The van der Waals surface area contributed by atoms with E-state index in [1.165, 1.54) is 6.07 Å². The molecule has 2 aliphatic rings. The highest BCUT2D eigenvalue weighted by Gasteiger charge is 2.36. The number of benzene rings is 1. The molecule has 2 aliphatic heterocycles. The number of carbonyl (C=O) groups excluding carboxylic acids is 1. The topological polar surface area (TPSA) is 49.6 Å². The van der Waals surface area contributed by atoms with Gasteiger partial charge < -0.3 is 5.73 Å². The van der Waals surface area contributed by atoms with E-state index in [1.807, 2.05) is 5.01 Å². The Labute approximate surface area is 98.8 Å². The lowest BCUT2D eigenvalue weighted by Gasteiger charge is -2.26. The second-order valence-electron chi connectivity index (χ2n) is 4.49. The highest BCUT2D eigenvalue weighted by atomic mass is 19.1. The standard InChI is InChI=1S/C12H14FN3O/c13-10-4-1-3-8-9(10)7-15-5-2-6-16(15)12(17)11(8)14/h1,3-4,11H,2,5-7,14H2. The Morgan fingerprint density at radius 3 is 3.00 bits per heavy atom. The summed E-state index contributed by atoms with van der Waals surface area (Å²) in [5.74, 6) is -0.411. The molecule has 2 N–H and O–H groups in total. The highest BCUT2D eigenvalue weighted by molar-refractivity contribution is 5.83. The number of fused-ring (bicyclic) bond motifs is 2. The van der Waals surface area contributed by atoms with Crippen LogP contribution < -0.4 is 5.73 Å². The van der Waals surface area contributed by atoms with Crippen molar-refractivity contribution in [1.82, 2.24) is 10.0 Å². The fourth-order valence-electron chi connectivity index (χ4n) is 2.59. The number of amides is 1. The number of hydrogen-bond acceptors (Lipinski definition) is 3. The second kappa shape index (κ2) is 3.78. The molecule has 4 nitrogen and oxygen atoms in total. The van der Waals surface area contributed by atoms with Gasteiger partial charge in [-0.2, -0.15) is 0 Å². The van der Waals surface area contributed by atoms with Gasteiger partial charge in [0.1, 0.15) is 11.9 Å². The van der Waals surface area contributed by atoms with Crippen LogP contribution >= 0.6 is 0 Å². The minimum absolute atomic E-state index is 0.133. The van der Waals surface area contributed by atoms with E-state index in [9.17, 15) is 9.18 Å². The molecule has 0 saturated carbocycles. The molecule has 0 aromatic heterocycles. The predicted octanol–water partition coefficient (Wildman–Crippen LogP) is 0.788. The lowest BCUT2D eigenvalue weighted by atomic mass is 10.00. The summed E-state index contributed by atoms with van der Waals surface area (Å²) in [5.41, 5.74) is 7.10. The monoisotopic (exact) mass is 235 g/mol. The van der Waals surface area contributed by atoms with Crippen molar-refractivity contribution in [3.63, 3.8) is 0 Å². The SMILES string of the molecule is NC1C(=O)N2CCCN2Cc2c(F)cccc21. The normalized spacial score (nSPS) is 24.5. The number of halogens is 1. The third kappa shape index (κ3) is 1.54. The fourth-order valence-corrected chi connectivity index (χ4v) is 2.59. The maximum Gasteiger partial charge on any atom is 0.258 e. The van der Waals surface area contributed by atoms with Gasteiger partial charge >= 0.3 is 0 Å². The van der Waals surface area contributed by atoms with Gasteiger partial charge in [-0.1, -0.05) is 12.1 Å². The zero-order valence-electron chi connectivity index (χ0n) is 9.40. The molecule has 17 heavy (non-hydrogen) atoms. The highest BCUT2D eigenvalue weighted by Crippen LogP contribution is 2.29. The molecular formula is C12H14FN3O. The van der Waals surface area contributed by atoms with Gasteiger partial charge in [-0.25, -0.2) is 9.40 Å². The zero-order chi connectivity index (χ0) is 12.0. The Morgan fingerprint density at radius 1 is 1.35 bits per heavy atom. The molecule has 1 atom stereocenters. The number of carbonyl (C=O) groups is 1. The fraction of sp³-hybridized carbons (Fsp3) is 0.417. The van der Waals surface area contributed by atoms with Crippen molar-refractivity contribution in [3.8, 4) is 0 Å². The molecule has 1 aromatic rings. The third-order valence-electron chi connectivity index (χ3n) is 3.48. The Morgan fingerprint density at radius 2 is 2.18 bits per heavy atom. The lowest BCUT2D eigenvalue weighted by molar-refractivity contribution is -0.145. The van der Waals surface area contributed by atoms with E-state index < -0.39 is 6.04 Å². The van der Waals surface area contributed by atoms with Gasteiger partial charge in [0.25, 0.3) is 5.91 Å². The summed E-state index contributed by atoms with van der Waals surface area (Å²) >= 11 is 0. The molecule has 0 radical (unpaired) electrons. The van der Waals surface area contributed by atoms with Crippen LogP contribution in [-0.4, -0.2) is 29.0 Å². The summed E-state index contributed by atoms with van der Waals surface area (Å²) in [6, 6.07) is 4.02. The number of hydrazine groups is 1. The van der Waals surface area contributed by atoms with Crippen LogP contribution in [0, 0.1) is 5.82 Å². The van der Waals surface area contributed by atoms with Crippen molar-refractivity contribution in [3.05, 3.63) is 35.1 Å². The van der Waals surface area contributed by atoms with Crippen LogP contribution in [-0.2, 0) is 11.3 Å². The quantitative estimate of drug-likeness (QED) is 0.723. The molecule has 1 unspecified atom stereocenters. The summed E-state index contributed by atoms with van der Waals surface area (Å²) in [6.45, 7) is 1.90. The minimum atomic E-state index is -0.746. The first kappa shape index (κ1) is 10.7. The number of nitrogens with two attached hydrogens (primary N) is 1. The molecule has 2 heterocycles. The Hall–Kier alpha value is -1.46. The number of rotatable bonds is 0. The first-order valence-electron chi connectivity index (χ1n) is 5.77. The van der Waals surface area contributed by atoms with Crippen molar-refractivity contribution in [2.45, 2.75) is 19.0 Å².